The molecule has 0 aromatic carbocycles. The van der Waals surface area contributed by atoms with Crippen molar-refractivity contribution in [1.82, 2.24) is 9.80 Å². The monoisotopic (exact) mass is 208 g/mol. The van der Waals surface area contributed by atoms with E-state index in [1.807, 2.05) is 0 Å². The van der Waals surface area contributed by atoms with Gasteiger partial charge in [-0.15, -0.1) is 0 Å². The van der Waals surface area contributed by atoms with Gasteiger partial charge in [-0.25, -0.2) is 4.79 Å². The van der Waals surface area contributed by atoms with Crippen molar-refractivity contribution in [1.29, 1.82) is 0 Å². The Hall–Kier alpha value is -1.06. The van der Waals surface area contributed by atoms with Crippen LogP contribution in [0.2, 0.25) is 0 Å². The van der Waals surface area contributed by atoms with E-state index in [1.54, 1.807) is 4.90 Å². The second-order valence-corrected chi connectivity index (χ2v) is 4.78. The zero-order valence-electron chi connectivity index (χ0n) is 8.82. The lowest BCUT2D eigenvalue weighted by Gasteiger charge is -2.18. The number of fused-ring (bicyclic) bond motifs is 1. The molecule has 0 aromatic rings. The van der Waals surface area contributed by atoms with Gasteiger partial charge in [0.25, 0.3) is 5.91 Å². The summed E-state index contributed by atoms with van der Waals surface area (Å²) in [6, 6.07) is 0.0897. The quantitative estimate of drug-likeness (QED) is 0.610. The van der Waals surface area contributed by atoms with E-state index in [0.717, 1.165) is 45.1 Å². The van der Waals surface area contributed by atoms with Crippen molar-refractivity contribution in [2.24, 2.45) is 0 Å². The standard InChI is InChI=1S/C11H16N2O2/c14-10-9-4-2-1-3-7-12(9)11(15)13(10)8-5-6-8/h8-9H,1-7H2. The van der Waals surface area contributed by atoms with Crippen LogP contribution in [0.3, 0.4) is 0 Å². The van der Waals surface area contributed by atoms with Crippen LogP contribution in [0.25, 0.3) is 0 Å². The predicted octanol–water partition coefficient (Wildman–Crippen LogP) is 1.36. The van der Waals surface area contributed by atoms with Crippen molar-refractivity contribution in [2.75, 3.05) is 6.54 Å². The van der Waals surface area contributed by atoms with Crippen LogP contribution in [-0.4, -0.2) is 40.4 Å². The molecule has 2 aliphatic heterocycles. The van der Waals surface area contributed by atoms with E-state index in [1.165, 1.54) is 4.90 Å². The van der Waals surface area contributed by atoms with Gasteiger partial charge in [-0.1, -0.05) is 12.8 Å². The van der Waals surface area contributed by atoms with Crippen molar-refractivity contribution in [3.05, 3.63) is 0 Å². The summed E-state index contributed by atoms with van der Waals surface area (Å²) >= 11 is 0. The van der Waals surface area contributed by atoms with Crippen molar-refractivity contribution in [2.45, 2.75) is 50.6 Å². The molecule has 2 heterocycles. The van der Waals surface area contributed by atoms with Crippen LogP contribution in [0, 0.1) is 0 Å². The number of urea groups is 1. The van der Waals surface area contributed by atoms with E-state index in [-0.39, 0.29) is 24.0 Å². The second kappa shape index (κ2) is 3.22. The topological polar surface area (TPSA) is 40.6 Å². The number of amides is 3. The lowest BCUT2D eigenvalue weighted by atomic mass is 10.1. The Morgan fingerprint density at radius 2 is 1.80 bits per heavy atom. The molecule has 1 unspecified atom stereocenters. The predicted molar refractivity (Wildman–Crippen MR) is 54.2 cm³/mol. The third kappa shape index (κ3) is 1.34. The highest BCUT2D eigenvalue weighted by atomic mass is 16.2. The molecule has 82 valence electrons. The summed E-state index contributed by atoms with van der Waals surface area (Å²) in [7, 11) is 0. The summed E-state index contributed by atoms with van der Waals surface area (Å²) in [6.07, 6.45) is 6.17. The largest absolute Gasteiger partial charge is 0.327 e. The number of imide groups is 1. The van der Waals surface area contributed by atoms with E-state index < -0.39 is 0 Å². The van der Waals surface area contributed by atoms with Gasteiger partial charge in [-0.3, -0.25) is 9.69 Å². The lowest BCUT2D eigenvalue weighted by Crippen LogP contribution is -2.35. The fraction of sp³-hybridized carbons (Fsp3) is 0.818. The van der Waals surface area contributed by atoms with E-state index in [2.05, 4.69) is 0 Å². The highest BCUT2D eigenvalue weighted by molar-refractivity contribution is 6.04. The van der Waals surface area contributed by atoms with Gasteiger partial charge < -0.3 is 4.90 Å². The first-order valence-corrected chi connectivity index (χ1v) is 5.93. The van der Waals surface area contributed by atoms with Crippen LogP contribution in [0.1, 0.15) is 38.5 Å². The summed E-state index contributed by atoms with van der Waals surface area (Å²) in [5.74, 6) is 0.0735. The van der Waals surface area contributed by atoms with Crippen molar-refractivity contribution < 1.29 is 9.59 Å². The fourth-order valence-electron chi connectivity index (χ4n) is 2.66. The lowest BCUT2D eigenvalue weighted by molar-refractivity contribution is -0.128. The van der Waals surface area contributed by atoms with E-state index >= 15 is 0 Å². The van der Waals surface area contributed by atoms with Gasteiger partial charge >= 0.3 is 6.03 Å². The zero-order valence-corrected chi connectivity index (χ0v) is 8.82. The first-order chi connectivity index (χ1) is 7.29. The number of carbonyl (C=O) groups excluding carboxylic acids is 2. The molecule has 0 bridgehead atoms. The molecule has 15 heavy (non-hydrogen) atoms. The number of hydrogen-bond acceptors (Lipinski definition) is 2. The van der Waals surface area contributed by atoms with Gasteiger partial charge in [0.05, 0.1) is 0 Å². The molecule has 1 atom stereocenters. The molecule has 3 aliphatic rings. The molecule has 1 saturated carbocycles. The highest BCUT2D eigenvalue weighted by Gasteiger charge is 2.50. The summed E-state index contributed by atoms with van der Waals surface area (Å²) in [6.45, 7) is 0.776. The highest BCUT2D eigenvalue weighted by Crippen LogP contribution is 2.35. The third-order valence-electron chi connectivity index (χ3n) is 3.64. The van der Waals surface area contributed by atoms with Crippen LogP contribution in [0.5, 0.6) is 0 Å². The van der Waals surface area contributed by atoms with Crippen LogP contribution < -0.4 is 0 Å². The molecule has 3 amide bonds. The SMILES string of the molecule is O=C1C2CCCCCN2C(=O)N1C1CC1. The summed E-state index contributed by atoms with van der Waals surface area (Å²) in [5.41, 5.74) is 0. The summed E-state index contributed by atoms with van der Waals surface area (Å²) in [5, 5.41) is 0. The molecule has 3 rings (SSSR count). The minimum Gasteiger partial charge on any atom is -0.312 e. The maximum Gasteiger partial charge on any atom is 0.327 e. The first-order valence-electron chi connectivity index (χ1n) is 5.93. The molecule has 3 fully saturated rings. The Kier molecular flexibility index (Phi) is 1.97. The van der Waals surface area contributed by atoms with Gasteiger partial charge in [0.1, 0.15) is 6.04 Å². The van der Waals surface area contributed by atoms with Crippen molar-refractivity contribution >= 4 is 11.9 Å². The molecule has 4 nitrogen and oxygen atoms in total. The van der Waals surface area contributed by atoms with Crippen LogP contribution in [-0.2, 0) is 4.79 Å². The molecule has 0 spiro atoms. The Balaban J connectivity index is 1.86. The average Bonchev–Trinajstić information content (AvgIpc) is 3.00. The van der Waals surface area contributed by atoms with Gasteiger partial charge in [0, 0.05) is 12.6 Å². The van der Waals surface area contributed by atoms with Crippen molar-refractivity contribution in [3.8, 4) is 0 Å². The minimum absolute atomic E-state index is 0.0191. The maximum atomic E-state index is 12.0. The Morgan fingerprint density at radius 1 is 1.00 bits per heavy atom. The molecular formula is C11H16N2O2. The summed E-state index contributed by atoms with van der Waals surface area (Å²) in [4.78, 5) is 27.4. The average molecular weight is 208 g/mol. The van der Waals surface area contributed by atoms with Crippen LogP contribution >= 0.6 is 0 Å². The number of carbonyl (C=O) groups is 2. The van der Waals surface area contributed by atoms with Crippen LogP contribution in [0.4, 0.5) is 4.79 Å². The Labute approximate surface area is 89.2 Å². The second-order valence-electron chi connectivity index (χ2n) is 4.78. The first kappa shape index (κ1) is 9.19. The zero-order chi connectivity index (χ0) is 10.4. The molecule has 0 N–H and O–H groups in total. The number of rotatable bonds is 1. The van der Waals surface area contributed by atoms with E-state index in [9.17, 15) is 9.59 Å². The Morgan fingerprint density at radius 3 is 2.53 bits per heavy atom. The van der Waals surface area contributed by atoms with Gasteiger partial charge in [0.15, 0.2) is 0 Å². The normalized spacial score (nSPS) is 31.9. The number of nitrogens with zero attached hydrogens (tertiary/aromatic N) is 2. The third-order valence-corrected chi connectivity index (χ3v) is 3.64. The molecule has 0 radical (unpaired) electrons. The van der Waals surface area contributed by atoms with E-state index in [0.29, 0.717) is 0 Å². The van der Waals surface area contributed by atoms with E-state index in [4.69, 9.17) is 0 Å². The van der Waals surface area contributed by atoms with Crippen LogP contribution in [0.15, 0.2) is 0 Å². The molecule has 1 aliphatic carbocycles. The molecule has 4 heteroatoms. The van der Waals surface area contributed by atoms with Gasteiger partial charge in [0.2, 0.25) is 0 Å². The van der Waals surface area contributed by atoms with Crippen molar-refractivity contribution in [3.63, 3.8) is 0 Å². The number of hydrogen-bond donors (Lipinski definition) is 0. The van der Waals surface area contributed by atoms with Gasteiger partial charge in [-0.2, -0.15) is 0 Å². The molecule has 0 aromatic heterocycles. The fourth-order valence-corrected chi connectivity index (χ4v) is 2.66. The Bertz CT molecular complexity index is 288. The smallest absolute Gasteiger partial charge is 0.312 e. The molecule has 2 saturated heterocycles. The minimum atomic E-state index is -0.124. The summed E-state index contributed by atoms with van der Waals surface area (Å²) < 4.78 is 0. The maximum absolute atomic E-state index is 12.0. The molecular weight excluding hydrogens is 192 g/mol. The van der Waals surface area contributed by atoms with Gasteiger partial charge in [-0.05, 0) is 25.7 Å².